The zero-order chi connectivity index (χ0) is 15.5. The Balaban J connectivity index is 2.25. The van der Waals surface area contributed by atoms with E-state index in [1.54, 1.807) is 12.2 Å². The summed E-state index contributed by atoms with van der Waals surface area (Å²) in [5, 5.41) is 29.7. The van der Waals surface area contributed by atoms with Gasteiger partial charge < -0.3 is 15.3 Å². The molecule has 118 valence electrons. The van der Waals surface area contributed by atoms with Crippen LogP contribution in [0.15, 0.2) is 42.5 Å². The van der Waals surface area contributed by atoms with Crippen molar-refractivity contribution in [2.75, 3.05) is 0 Å². The first-order valence-electron chi connectivity index (χ1n) is 7.89. The highest BCUT2D eigenvalue weighted by molar-refractivity contribution is 5.17. The van der Waals surface area contributed by atoms with Crippen LogP contribution in [0.5, 0.6) is 0 Å². The summed E-state index contributed by atoms with van der Waals surface area (Å²) in [6.07, 6.45) is 6.71. The standard InChI is InChI=1S/C18H28O3/c1-2-3-5-11-16(19)12-8-13-17(20)14-18(21)15-9-6-4-7-10-15/h4,6-10,12,16-21H,2-3,5,11,13-14H2,1H3/b12-8-/t16-,17-,18-/m1/s1. The molecule has 0 aliphatic carbocycles. The molecule has 3 atom stereocenters. The number of hydrogen-bond donors (Lipinski definition) is 3. The third kappa shape index (κ3) is 8.00. The third-order valence-electron chi connectivity index (χ3n) is 3.55. The largest absolute Gasteiger partial charge is 0.393 e. The van der Waals surface area contributed by atoms with Gasteiger partial charge in [0.1, 0.15) is 0 Å². The normalized spacial score (nSPS) is 16.0. The van der Waals surface area contributed by atoms with E-state index in [0.717, 1.165) is 31.2 Å². The van der Waals surface area contributed by atoms with Crippen LogP contribution in [0.25, 0.3) is 0 Å². The molecule has 0 aromatic heterocycles. The van der Waals surface area contributed by atoms with Crippen LogP contribution in [0.4, 0.5) is 0 Å². The first-order valence-corrected chi connectivity index (χ1v) is 7.89. The van der Waals surface area contributed by atoms with E-state index in [1.807, 2.05) is 30.3 Å². The Morgan fingerprint density at radius 2 is 1.76 bits per heavy atom. The lowest BCUT2D eigenvalue weighted by molar-refractivity contribution is 0.0820. The SMILES string of the molecule is CCCCC[C@@H](O)/C=C\C[C@@H](O)C[C@@H](O)c1ccccc1. The summed E-state index contributed by atoms with van der Waals surface area (Å²) in [7, 11) is 0. The quantitative estimate of drug-likeness (QED) is 0.458. The van der Waals surface area contributed by atoms with Crippen LogP contribution in [-0.4, -0.2) is 27.5 Å². The molecule has 21 heavy (non-hydrogen) atoms. The Morgan fingerprint density at radius 1 is 1.05 bits per heavy atom. The maximum atomic E-state index is 10.0. The lowest BCUT2D eigenvalue weighted by Crippen LogP contribution is -2.11. The molecule has 3 N–H and O–H groups in total. The van der Waals surface area contributed by atoms with Gasteiger partial charge in [0.15, 0.2) is 0 Å². The fraction of sp³-hybridized carbons (Fsp3) is 0.556. The number of aliphatic hydroxyl groups excluding tert-OH is 3. The molecule has 0 saturated carbocycles. The minimum atomic E-state index is -0.649. The Bertz CT molecular complexity index is 389. The Morgan fingerprint density at radius 3 is 2.43 bits per heavy atom. The van der Waals surface area contributed by atoms with Crippen molar-refractivity contribution in [3.05, 3.63) is 48.0 Å². The lowest BCUT2D eigenvalue weighted by atomic mass is 10.0. The highest BCUT2D eigenvalue weighted by Crippen LogP contribution is 2.19. The van der Waals surface area contributed by atoms with Crippen molar-refractivity contribution >= 4 is 0 Å². The van der Waals surface area contributed by atoms with Crippen LogP contribution < -0.4 is 0 Å². The van der Waals surface area contributed by atoms with Gasteiger partial charge >= 0.3 is 0 Å². The van der Waals surface area contributed by atoms with Gasteiger partial charge in [0.05, 0.1) is 18.3 Å². The van der Waals surface area contributed by atoms with Crippen LogP contribution >= 0.6 is 0 Å². The molecule has 0 spiro atoms. The Kier molecular flexibility index (Phi) is 8.99. The zero-order valence-corrected chi connectivity index (χ0v) is 12.9. The first-order chi connectivity index (χ1) is 10.1. The van der Waals surface area contributed by atoms with Crippen molar-refractivity contribution < 1.29 is 15.3 Å². The summed E-state index contributed by atoms with van der Waals surface area (Å²) in [6.45, 7) is 2.14. The minimum Gasteiger partial charge on any atom is -0.393 e. The second-order valence-corrected chi connectivity index (χ2v) is 5.54. The topological polar surface area (TPSA) is 60.7 Å². The van der Waals surface area contributed by atoms with Gasteiger partial charge in [0, 0.05) is 6.42 Å². The Hall–Kier alpha value is -1.16. The van der Waals surface area contributed by atoms with E-state index in [9.17, 15) is 15.3 Å². The summed E-state index contributed by atoms with van der Waals surface area (Å²) in [4.78, 5) is 0. The van der Waals surface area contributed by atoms with E-state index in [2.05, 4.69) is 6.92 Å². The first kappa shape index (κ1) is 17.9. The van der Waals surface area contributed by atoms with Crippen LogP contribution in [0.2, 0.25) is 0 Å². The van der Waals surface area contributed by atoms with Crippen molar-refractivity contribution in [1.29, 1.82) is 0 Å². The average Bonchev–Trinajstić information content (AvgIpc) is 2.48. The fourth-order valence-electron chi connectivity index (χ4n) is 2.26. The summed E-state index contributed by atoms with van der Waals surface area (Å²) in [5.74, 6) is 0. The number of hydrogen-bond acceptors (Lipinski definition) is 3. The van der Waals surface area contributed by atoms with Gasteiger partial charge in [-0.25, -0.2) is 0 Å². The molecule has 0 unspecified atom stereocenters. The van der Waals surface area contributed by atoms with E-state index in [-0.39, 0.29) is 0 Å². The van der Waals surface area contributed by atoms with Crippen LogP contribution in [-0.2, 0) is 0 Å². The van der Waals surface area contributed by atoms with Gasteiger partial charge in [-0.3, -0.25) is 0 Å². The van der Waals surface area contributed by atoms with Gasteiger partial charge in [-0.2, -0.15) is 0 Å². The predicted molar refractivity (Wildman–Crippen MR) is 85.9 cm³/mol. The predicted octanol–water partition coefficient (Wildman–Crippen LogP) is 3.36. The monoisotopic (exact) mass is 292 g/mol. The molecule has 3 heteroatoms. The molecular weight excluding hydrogens is 264 g/mol. The smallest absolute Gasteiger partial charge is 0.0814 e. The van der Waals surface area contributed by atoms with Gasteiger partial charge in [0.25, 0.3) is 0 Å². The highest BCUT2D eigenvalue weighted by Gasteiger charge is 2.12. The van der Waals surface area contributed by atoms with E-state index in [0.29, 0.717) is 12.8 Å². The van der Waals surface area contributed by atoms with Gasteiger partial charge in [-0.1, -0.05) is 68.7 Å². The van der Waals surface area contributed by atoms with E-state index in [1.165, 1.54) is 0 Å². The maximum Gasteiger partial charge on any atom is 0.0814 e. The minimum absolute atomic E-state index is 0.306. The molecule has 1 rings (SSSR count). The summed E-state index contributed by atoms with van der Waals surface area (Å²) in [6, 6.07) is 9.35. The van der Waals surface area contributed by atoms with Crippen molar-refractivity contribution in [3.63, 3.8) is 0 Å². The van der Waals surface area contributed by atoms with Gasteiger partial charge in [0.2, 0.25) is 0 Å². The molecule has 1 aromatic rings. The molecule has 0 amide bonds. The molecule has 0 heterocycles. The lowest BCUT2D eigenvalue weighted by Gasteiger charge is -2.14. The molecule has 0 radical (unpaired) electrons. The molecule has 3 nitrogen and oxygen atoms in total. The second kappa shape index (κ2) is 10.6. The highest BCUT2D eigenvalue weighted by atomic mass is 16.3. The molecule has 0 bridgehead atoms. The van der Waals surface area contributed by atoms with Crippen molar-refractivity contribution in [2.24, 2.45) is 0 Å². The number of benzene rings is 1. The van der Waals surface area contributed by atoms with E-state index < -0.39 is 18.3 Å². The van der Waals surface area contributed by atoms with E-state index in [4.69, 9.17) is 0 Å². The summed E-state index contributed by atoms with van der Waals surface area (Å²) < 4.78 is 0. The maximum absolute atomic E-state index is 10.0. The van der Waals surface area contributed by atoms with Crippen molar-refractivity contribution in [1.82, 2.24) is 0 Å². The van der Waals surface area contributed by atoms with Crippen LogP contribution in [0.1, 0.15) is 57.1 Å². The number of aliphatic hydroxyl groups is 3. The molecule has 0 aliphatic heterocycles. The summed E-state index contributed by atoms with van der Waals surface area (Å²) >= 11 is 0. The van der Waals surface area contributed by atoms with E-state index >= 15 is 0 Å². The summed E-state index contributed by atoms with van der Waals surface area (Å²) in [5.41, 5.74) is 0.820. The molecule has 0 saturated heterocycles. The van der Waals surface area contributed by atoms with Crippen molar-refractivity contribution in [3.8, 4) is 0 Å². The Labute approximate surface area is 128 Å². The zero-order valence-electron chi connectivity index (χ0n) is 12.9. The third-order valence-corrected chi connectivity index (χ3v) is 3.55. The fourth-order valence-corrected chi connectivity index (χ4v) is 2.26. The van der Waals surface area contributed by atoms with Crippen molar-refractivity contribution in [2.45, 2.75) is 63.8 Å². The van der Waals surface area contributed by atoms with Gasteiger partial charge in [-0.05, 0) is 18.4 Å². The van der Waals surface area contributed by atoms with Gasteiger partial charge in [-0.15, -0.1) is 0 Å². The van der Waals surface area contributed by atoms with Crippen LogP contribution in [0, 0.1) is 0 Å². The number of unbranched alkanes of at least 4 members (excludes halogenated alkanes) is 2. The molecule has 0 fully saturated rings. The van der Waals surface area contributed by atoms with Crippen LogP contribution in [0.3, 0.4) is 0 Å². The molecule has 0 aliphatic rings. The average molecular weight is 292 g/mol. The second-order valence-electron chi connectivity index (χ2n) is 5.54. The molecular formula is C18H28O3. The number of rotatable bonds is 10. The molecule has 1 aromatic carbocycles.